The zero-order valence-corrected chi connectivity index (χ0v) is 13.4. The minimum absolute atomic E-state index is 0.184. The Hall–Kier alpha value is -2.83. The molecular weight excluding hydrogens is 296 g/mol. The SMILES string of the molecule is CNc1ncc(C(=O)N[C@@H](C)COc2ccccc2OC)cn1. The third-order valence-electron chi connectivity index (χ3n) is 3.07. The summed E-state index contributed by atoms with van der Waals surface area (Å²) in [5.74, 6) is 1.51. The van der Waals surface area contributed by atoms with Gasteiger partial charge in [0, 0.05) is 19.4 Å². The van der Waals surface area contributed by atoms with Crippen LogP contribution < -0.4 is 20.1 Å². The number of carbonyl (C=O) groups is 1. The van der Waals surface area contributed by atoms with Crippen LogP contribution >= 0.6 is 0 Å². The van der Waals surface area contributed by atoms with E-state index in [4.69, 9.17) is 9.47 Å². The molecule has 2 aromatic rings. The van der Waals surface area contributed by atoms with Gasteiger partial charge in [-0.25, -0.2) is 9.97 Å². The Bertz CT molecular complexity index is 646. The Morgan fingerprint density at radius 3 is 2.48 bits per heavy atom. The van der Waals surface area contributed by atoms with Crippen LogP contribution in [0.5, 0.6) is 11.5 Å². The Morgan fingerprint density at radius 2 is 1.87 bits per heavy atom. The van der Waals surface area contributed by atoms with Crippen molar-refractivity contribution in [2.24, 2.45) is 0 Å². The summed E-state index contributed by atoms with van der Waals surface area (Å²) in [7, 11) is 3.30. The summed E-state index contributed by atoms with van der Waals surface area (Å²) in [6.45, 7) is 2.18. The molecule has 1 aromatic heterocycles. The minimum Gasteiger partial charge on any atom is -0.493 e. The predicted molar refractivity (Wildman–Crippen MR) is 87.0 cm³/mol. The summed E-state index contributed by atoms with van der Waals surface area (Å²) in [5.41, 5.74) is 0.396. The molecule has 0 aliphatic rings. The lowest BCUT2D eigenvalue weighted by Crippen LogP contribution is -2.36. The number of para-hydroxylation sites is 2. The molecule has 1 aromatic carbocycles. The van der Waals surface area contributed by atoms with E-state index in [1.54, 1.807) is 14.2 Å². The minimum atomic E-state index is -0.247. The second-order valence-corrected chi connectivity index (χ2v) is 4.88. The van der Waals surface area contributed by atoms with Crippen LogP contribution in [0.15, 0.2) is 36.7 Å². The number of nitrogens with one attached hydrogen (secondary N) is 2. The standard InChI is InChI=1S/C16H20N4O3/c1-11(10-23-14-7-5-4-6-13(14)22-3)20-15(21)12-8-18-16(17-2)19-9-12/h4-9,11H,10H2,1-3H3,(H,20,21)(H,17,18,19)/t11-/m0/s1. The van der Waals surface area contributed by atoms with Crippen molar-refractivity contribution < 1.29 is 14.3 Å². The van der Waals surface area contributed by atoms with E-state index in [0.29, 0.717) is 29.6 Å². The van der Waals surface area contributed by atoms with Crippen LogP contribution in [0.3, 0.4) is 0 Å². The molecule has 0 fully saturated rings. The van der Waals surface area contributed by atoms with E-state index in [1.165, 1.54) is 12.4 Å². The first kappa shape index (κ1) is 16.5. The van der Waals surface area contributed by atoms with Gasteiger partial charge < -0.3 is 20.1 Å². The van der Waals surface area contributed by atoms with E-state index in [0.717, 1.165) is 0 Å². The summed E-state index contributed by atoms with van der Waals surface area (Å²) in [5, 5.41) is 5.63. The van der Waals surface area contributed by atoms with Gasteiger partial charge in [0.15, 0.2) is 11.5 Å². The molecular formula is C16H20N4O3. The second kappa shape index (κ2) is 7.98. The Labute approximate surface area is 135 Å². The van der Waals surface area contributed by atoms with Gasteiger partial charge in [0.1, 0.15) is 6.61 Å². The molecule has 0 spiro atoms. The summed E-state index contributed by atoms with van der Waals surface area (Å²) >= 11 is 0. The molecule has 0 bridgehead atoms. The molecule has 0 saturated carbocycles. The molecule has 0 radical (unpaired) electrons. The average Bonchev–Trinajstić information content (AvgIpc) is 2.60. The van der Waals surface area contributed by atoms with Crippen LogP contribution in [0.25, 0.3) is 0 Å². The Kier molecular flexibility index (Phi) is 5.74. The topological polar surface area (TPSA) is 85.4 Å². The fraction of sp³-hybridized carbons (Fsp3) is 0.312. The molecule has 1 heterocycles. The van der Waals surface area contributed by atoms with Crippen molar-refractivity contribution in [2.75, 3.05) is 26.1 Å². The maximum absolute atomic E-state index is 12.1. The van der Waals surface area contributed by atoms with E-state index in [1.807, 2.05) is 31.2 Å². The summed E-state index contributed by atoms with van der Waals surface area (Å²) in [4.78, 5) is 20.1. The lowest BCUT2D eigenvalue weighted by molar-refractivity contribution is 0.0925. The third-order valence-corrected chi connectivity index (χ3v) is 3.07. The van der Waals surface area contributed by atoms with E-state index in [-0.39, 0.29) is 11.9 Å². The molecule has 2 rings (SSSR count). The van der Waals surface area contributed by atoms with Gasteiger partial charge in [0.05, 0.1) is 18.7 Å². The van der Waals surface area contributed by atoms with Crippen molar-refractivity contribution in [2.45, 2.75) is 13.0 Å². The smallest absolute Gasteiger partial charge is 0.254 e. The molecule has 1 atom stereocenters. The van der Waals surface area contributed by atoms with Gasteiger partial charge in [-0.3, -0.25) is 4.79 Å². The quantitative estimate of drug-likeness (QED) is 0.809. The molecule has 122 valence electrons. The first-order chi connectivity index (χ1) is 11.1. The van der Waals surface area contributed by atoms with E-state index in [2.05, 4.69) is 20.6 Å². The molecule has 23 heavy (non-hydrogen) atoms. The normalized spacial score (nSPS) is 11.4. The molecule has 0 saturated heterocycles. The zero-order chi connectivity index (χ0) is 16.7. The van der Waals surface area contributed by atoms with Crippen molar-refractivity contribution in [3.8, 4) is 11.5 Å². The fourth-order valence-electron chi connectivity index (χ4n) is 1.88. The maximum Gasteiger partial charge on any atom is 0.254 e. The van der Waals surface area contributed by atoms with Crippen LogP contribution in [-0.4, -0.2) is 42.7 Å². The van der Waals surface area contributed by atoms with Crippen LogP contribution in [0, 0.1) is 0 Å². The first-order valence-corrected chi connectivity index (χ1v) is 7.20. The van der Waals surface area contributed by atoms with Crippen molar-refractivity contribution in [1.82, 2.24) is 15.3 Å². The van der Waals surface area contributed by atoms with Gasteiger partial charge in [-0.05, 0) is 19.1 Å². The number of methoxy groups -OCH3 is 1. The molecule has 0 unspecified atom stereocenters. The van der Waals surface area contributed by atoms with E-state index < -0.39 is 0 Å². The third kappa shape index (κ3) is 4.57. The molecule has 1 amide bonds. The molecule has 0 aliphatic carbocycles. The highest BCUT2D eigenvalue weighted by Gasteiger charge is 2.12. The van der Waals surface area contributed by atoms with E-state index in [9.17, 15) is 4.79 Å². The molecule has 7 nitrogen and oxygen atoms in total. The van der Waals surface area contributed by atoms with Gasteiger partial charge in [-0.2, -0.15) is 0 Å². The fourth-order valence-corrected chi connectivity index (χ4v) is 1.88. The molecule has 2 N–H and O–H groups in total. The number of nitrogens with zero attached hydrogens (tertiary/aromatic N) is 2. The summed E-state index contributed by atoms with van der Waals surface area (Å²) in [6.07, 6.45) is 2.95. The first-order valence-electron chi connectivity index (χ1n) is 7.20. The highest BCUT2D eigenvalue weighted by atomic mass is 16.5. The van der Waals surface area contributed by atoms with Crippen LogP contribution in [0.2, 0.25) is 0 Å². The lowest BCUT2D eigenvalue weighted by atomic mass is 10.2. The monoisotopic (exact) mass is 316 g/mol. The van der Waals surface area contributed by atoms with Crippen LogP contribution in [-0.2, 0) is 0 Å². The van der Waals surface area contributed by atoms with Crippen LogP contribution in [0.1, 0.15) is 17.3 Å². The number of amides is 1. The second-order valence-electron chi connectivity index (χ2n) is 4.88. The van der Waals surface area contributed by atoms with Crippen molar-refractivity contribution >= 4 is 11.9 Å². The van der Waals surface area contributed by atoms with Gasteiger partial charge in [-0.15, -0.1) is 0 Å². The van der Waals surface area contributed by atoms with Crippen LogP contribution in [0.4, 0.5) is 5.95 Å². The Balaban J connectivity index is 1.88. The molecule has 7 heteroatoms. The maximum atomic E-state index is 12.1. The van der Waals surface area contributed by atoms with Crippen molar-refractivity contribution in [3.05, 3.63) is 42.2 Å². The number of aromatic nitrogens is 2. The van der Waals surface area contributed by atoms with E-state index >= 15 is 0 Å². The number of carbonyl (C=O) groups excluding carboxylic acids is 1. The number of ether oxygens (including phenoxy) is 2. The summed E-state index contributed by atoms with van der Waals surface area (Å²) in [6, 6.07) is 7.18. The van der Waals surface area contributed by atoms with Crippen molar-refractivity contribution in [3.63, 3.8) is 0 Å². The zero-order valence-electron chi connectivity index (χ0n) is 13.4. The lowest BCUT2D eigenvalue weighted by Gasteiger charge is -2.16. The average molecular weight is 316 g/mol. The number of anilines is 1. The highest BCUT2D eigenvalue weighted by Crippen LogP contribution is 2.25. The van der Waals surface area contributed by atoms with Gasteiger partial charge >= 0.3 is 0 Å². The van der Waals surface area contributed by atoms with Gasteiger partial charge in [-0.1, -0.05) is 12.1 Å². The number of benzene rings is 1. The predicted octanol–water partition coefficient (Wildman–Crippen LogP) is 1.72. The number of hydrogen-bond acceptors (Lipinski definition) is 6. The Morgan fingerprint density at radius 1 is 1.22 bits per heavy atom. The van der Waals surface area contributed by atoms with Crippen molar-refractivity contribution in [1.29, 1.82) is 0 Å². The summed E-state index contributed by atoms with van der Waals surface area (Å²) < 4.78 is 10.9. The number of rotatable bonds is 7. The molecule has 0 aliphatic heterocycles. The van der Waals surface area contributed by atoms with Gasteiger partial charge in [0.2, 0.25) is 5.95 Å². The number of hydrogen-bond donors (Lipinski definition) is 2. The van der Waals surface area contributed by atoms with Gasteiger partial charge in [0.25, 0.3) is 5.91 Å². The highest BCUT2D eigenvalue weighted by molar-refractivity contribution is 5.93. The largest absolute Gasteiger partial charge is 0.493 e.